The summed E-state index contributed by atoms with van der Waals surface area (Å²) in [6, 6.07) is 0.457. The van der Waals surface area contributed by atoms with Crippen LogP contribution < -0.4 is 5.32 Å². The van der Waals surface area contributed by atoms with Crippen molar-refractivity contribution in [1.29, 1.82) is 0 Å². The molecule has 0 aromatic rings. The second kappa shape index (κ2) is 5.55. The molecule has 2 heterocycles. The molecule has 2 aliphatic rings. The van der Waals surface area contributed by atoms with Gasteiger partial charge in [0, 0.05) is 18.2 Å². The molecule has 0 radical (unpaired) electrons. The van der Waals surface area contributed by atoms with E-state index in [0.29, 0.717) is 6.04 Å². The molecule has 2 aliphatic heterocycles. The molecule has 2 N–H and O–H groups in total. The summed E-state index contributed by atoms with van der Waals surface area (Å²) in [6.07, 6.45) is 4.50. The van der Waals surface area contributed by atoms with Gasteiger partial charge in [0.05, 0.1) is 11.2 Å². The maximum absolute atomic E-state index is 10.3. The Balaban J connectivity index is 1.98. The highest BCUT2D eigenvalue weighted by molar-refractivity contribution is 7.99. The van der Waals surface area contributed by atoms with Crippen molar-refractivity contribution in [2.45, 2.75) is 76.2 Å². The van der Waals surface area contributed by atoms with Gasteiger partial charge in [-0.1, -0.05) is 0 Å². The molecule has 1 spiro atoms. The van der Waals surface area contributed by atoms with E-state index in [1.165, 1.54) is 24.3 Å². The van der Waals surface area contributed by atoms with Crippen molar-refractivity contribution in [1.82, 2.24) is 5.32 Å². The molecule has 1 atom stereocenters. The van der Waals surface area contributed by atoms with Crippen molar-refractivity contribution < 1.29 is 9.84 Å². The predicted molar refractivity (Wildman–Crippen MR) is 81.8 cm³/mol. The highest BCUT2D eigenvalue weighted by atomic mass is 32.2. The summed E-state index contributed by atoms with van der Waals surface area (Å²) in [5.41, 5.74) is -0.892. The average Bonchev–Trinajstić information content (AvgIpc) is 2.27. The molecule has 2 rings (SSSR count). The summed E-state index contributed by atoms with van der Waals surface area (Å²) in [7, 11) is 0. The lowest BCUT2D eigenvalue weighted by atomic mass is 9.81. The van der Waals surface area contributed by atoms with Crippen LogP contribution in [0.5, 0.6) is 0 Å². The van der Waals surface area contributed by atoms with Crippen LogP contribution in [-0.2, 0) is 4.74 Å². The Hall–Kier alpha value is 0.230. The van der Waals surface area contributed by atoms with Gasteiger partial charge in [0.1, 0.15) is 0 Å². The minimum absolute atomic E-state index is 0.108. The third-order valence-corrected chi connectivity index (χ3v) is 5.98. The maximum atomic E-state index is 10.3. The molecule has 0 amide bonds. The molecule has 2 fully saturated rings. The number of thioether (sulfide) groups is 1. The lowest BCUT2D eigenvalue weighted by molar-refractivity contribution is -0.102. The van der Waals surface area contributed by atoms with E-state index in [0.717, 1.165) is 19.4 Å². The Labute approximate surface area is 121 Å². The fourth-order valence-corrected chi connectivity index (χ4v) is 4.17. The smallest absolute Gasteiger partial charge is 0.0767 e. The monoisotopic (exact) mass is 287 g/mol. The first-order valence-electron chi connectivity index (χ1n) is 7.46. The van der Waals surface area contributed by atoms with Crippen LogP contribution in [0, 0.1) is 0 Å². The van der Waals surface area contributed by atoms with Crippen LogP contribution in [0.4, 0.5) is 0 Å². The Bertz CT molecular complexity index is 300. The van der Waals surface area contributed by atoms with Gasteiger partial charge in [-0.2, -0.15) is 11.8 Å². The minimum atomic E-state index is -0.721. The summed E-state index contributed by atoms with van der Waals surface area (Å²) < 4.78 is 6.12. The fraction of sp³-hybridized carbons (Fsp3) is 1.00. The van der Waals surface area contributed by atoms with E-state index in [2.05, 4.69) is 19.2 Å². The standard InChI is InChI=1S/C15H29NO2S/c1-13(2,14(3,4)17)16-12-5-8-18-15(11-12)6-9-19-10-7-15/h12,16-17H,5-11H2,1-4H3. The van der Waals surface area contributed by atoms with Crippen molar-refractivity contribution >= 4 is 11.8 Å². The zero-order valence-corrected chi connectivity index (χ0v) is 13.6. The number of aliphatic hydroxyl groups is 1. The lowest BCUT2D eigenvalue weighted by Gasteiger charge is -2.47. The van der Waals surface area contributed by atoms with Crippen molar-refractivity contribution in [3.63, 3.8) is 0 Å². The molecule has 1 unspecified atom stereocenters. The third kappa shape index (κ3) is 3.66. The molecule has 3 nitrogen and oxygen atoms in total. The molecule has 0 aromatic carbocycles. The van der Waals surface area contributed by atoms with Crippen LogP contribution >= 0.6 is 11.8 Å². The molecule has 4 heteroatoms. The molecule has 2 saturated heterocycles. The second-order valence-electron chi connectivity index (χ2n) is 7.16. The van der Waals surface area contributed by atoms with Gasteiger partial charge >= 0.3 is 0 Å². The highest BCUT2D eigenvalue weighted by Crippen LogP contribution is 2.38. The van der Waals surface area contributed by atoms with Gasteiger partial charge in [-0.3, -0.25) is 0 Å². The number of nitrogens with one attached hydrogen (secondary N) is 1. The molecule has 0 bridgehead atoms. The quantitative estimate of drug-likeness (QED) is 0.837. The Morgan fingerprint density at radius 1 is 1.21 bits per heavy atom. The zero-order chi connectivity index (χ0) is 14.1. The number of hydrogen-bond donors (Lipinski definition) is 2. The van der Waals surface area contributed by atoms with Gasteiger partial charge in [0.15, 0.2) is 0 Å². The summed E-state index contributed by atoms with van der Waals surface area (Å²) in [5, 5.41) is 14.0. The van der Waals surface area contributed by atoms with Crippen molar-refractivity contribution in [3.05, 3.63) is 0 Å². The van der Waals surface area contributed by atoms with Crippen LogP contribution in [-0.4, -0.2) is 46.0 Å². The second-order valence-corrected chi connectivity index (χ2v) is 8.39. The molecule has 0 aliphatic carbocycles. The number of ether oxygens (including phenoxy) is 1. The molecule has 0 saturated carbocycles. The predicted octanol–water partition coefficient (Wildman–Crippen LogP) is 2.57. The summed E-state index contributed by atoms with van der Waals surface area (Å²) >= 11 is 2.04. The van der Waals surface area contributed by atoms with Gasteiger partial charge in [-0.05, 0) is 64.9 Å². The molecule has 19 heavy (non-hydrogen) atoms. The number of hydrogen-bond acceptors (Lipinski definition) is 4. The molecule has 112 valence electrons. The number of rotatable bonds is 3. The Kier molecular flexibility index (Phi) is 4.56. The van der Waals surface area contributed by atoms with E-state index in [9.17, 15) is 5.11 Å². The van der Waals surface area contributed by atoms with Gasteiger partial charge in [0.2, 0.25) is 0 Å². The molecular weight excluding hydrogens is 258 g/mol. The minimum Gasteiger partial charge on any atom is -0.389 e. The van der Waals surface area contributed by atoms with Gasteiger partial charge in [0.25, 0.3) is 0 Å². The normalized spacial score (nSPS) is 28.6. The summed E-state index contributed by atoms with van der Waals surface area (Å²) in [5.74, 6) is 2.45. The van der Waals surface area contributed by atoms with Crippen LogP contribution in [0.15, 0.2) is 0 Å². The fourth-order valence-electron chi connectivity index (χ4n) is 2.93. The summed E-state index contributed by atoms with van der Waals surface area (Å²) in [4.78, 5) is 0. The highest BCUT2D eigenvalue weighted by Gasteiger charge is 2.42. The van der Waals surface area contributed by atoms with Crippen molar-refractivity contribution in [2.24, 2.45) is 0 Å². The van der Waals surface area contributed by atoms with E-state index in [1.807, 2.05) is 25.6 Å². The van der Waals surface area contributed by atoms with Gasteiger partial charge in [-0.15, -0.1) is 0 Å². The largest absolute Gasteiger partial charge is 0.389 e. The van der Waals surface area contributed by atoms with Crippen LogP contribution in [0.2, 0.25) is 0 Å². The SMILES string of the molecule is CC(C)(O)C(C)(C)NC1CCOC2(CCSCC2)C1. The van der Waals surface area contributed by atoms with E-state index in [1.54, 1.807) is 0 Å². The van der Waals surface area contributed by atoms with Crippen LogP contribution in [0.25, 0.3) is 0 Å². The van der Waals surface area contributed by atoms with Crippen molar-refractivity contribution in [3.8, 4) is 0 Å². The van der Waals surface area contributed by atoms with E-state index < -0.39 is 5.60 Å². The van der Waals surface area contributed by atoms with Crippen molar-refractivity contribution in [2.75, 3.05) is 18.1 Å². The lowest BCUT2D eigenvalue weighted by Crippen LogP contribution is -2.61. The molecule has 0 aromatic heterocycles. The molecular formula is C15H29NO2S. The summed E-state index contributed by atoms with van der Waals surface area (Å²) in [6.45, 7) is 8.79. The third-order valence-electron chi connectivity index (χ3n) is 4.99. The Morgan fingerprint density at radius 3 is 2.42 bits per heavy atom. The maximum Gasteiger partial charge on any atom is 0.0767 e. The Morgan fingerprint density at radius 2 is 1.84 bits per heavy atom. The van der Waals surface area contributed by atoms with Gasteiger partial charge < -0.3 is 15.2 Å². The first-order valence-corrected chi connectivity index (χ1v) is 8.61. The average molecular weight is 287 g/mol. The van der Waals surface area contributed by atoms with Crippen LogP contribution in [0.3, 0.4) is 0 Å². The van der Waals surface area contributed by atoms with E-state index >= 15 is 0 Å². The first kappa shape index (κ1) is 15.6. The van der Waals surface area contributed by atoms with Crippen LogP contribution in [0.1, 0.15) is 53.4 Å². The van der Waals surface area contributed by atoms with Gasteiger partial charge in [-0.25, -0.2) is 0 Å². The van der Waals surface area contributed by atoms with E-state index in [4.69, 9.17) is 4.74 Å². The first-order chi connectivity index (χ1) is 8.74. The topological polar surface area (TPSA) is 41.5 Å². The van der Waals surface area contributed by atoms with E-state index in [-0.39, 0.29) is 11.1 Å². The zero-order valence-electron chi connectivity index (χ0n) is 12.8.